The first kappa shape index (κ1) is 15.7. The number of aromatic nitrogens is 1. The van der Waals surface area contributed by atoms with Gasteiger partial charge in [-0.3, -0.25) is 4.98 Å². The van der Waals surface area contributed by atoms with Crippen LogP contribution in [0.25, 0.3) is 0 Å². The Bertz CT molecular complexity index is 592. The van der Waals surface area contributed by atoms with Gasteiger partial charge in [0, 0.05) is 14.2 Å². The maximum atomic E-state index is 6.35. The van der Waals surface area contributed by atoms with Crippen LogP contribution in [-0.4, -0.2) is 11.6 Å². The molecule has 3 nitrogen and oxygen atoms in total. The fourth-order valence-corrected chi connectivity index (χ4v) is 2.85. The second-order valence-electron chi connectivity index (χ2n) is 4.45. The Morgan fingerprint density at radius 3 is 2.90 bits per heavy atom. The quantitative estimate of drug-likeness (QED) is 0.697. The zero-order valence-corrected chi connectivity index (χ0v) is 14.9. The molecule has 1 aromatic heterocycles. The number of pyridine rings is 1. The van der Waals surface area contributed by atoms with Crippen LogP contribution in [0, 0.1) is 3.57 Å². The molecule has 0 aliphatic heterocycles. The predicted molar refractivity (Wildman–Crippen MR) is 92.9 cm³/mol. The van der Waals surface area contributed by atoms with E-state index < -0.39 is 0 Å². The molecular weight excluding hydrogens is 431 g/mol. The molecular formula is C15H16BrIN2O. The highest BCUT2D eigenvalue weighted by Crippen LogP contribution is 2.29. The lowest BCUT2D eigenvalue weighted by atomic mass is 10.0. The van der Waals surface area contributed by atoms with E-state index in [0.717, 1.165) is 31.3 Å². The summed E-state index contributed by atoms with van der Waals surface area (Å²) in [7, 11) is 0. The number of hydrogen-bond donors (Lipinski definition) is 1. The summed E-state index contributed by atoms with van der Waals surface area (Å²) in [5, 5.41) is 0. The van der Waals surface area contributed by atoms with Crippen LogP contribution >= 0.6 is 38.5 Å². The summed E-state index contributed by atoms with van der Waals surface area (Å²) in [6.45, 7) is 2.76. The van der Waals surface area contributed by atoms with E-state index in [0.29, 0.717) is 6.61 Å². The van der Waals surface area contributed by atoms with Gasteiger partial charge in [0.05, 0.1) is 18.8 Å². The van der Waals surface area contributed by atoms with Crippen LogP contribution in [0.3, 0.4) is 0 Å². The fourth-order valence-electron chi connectivity index (χ4n) is 1.84. The predicted octanol–water partition coefficient (Wildman–Crippen LogP) is 4.29. The van der Waals surface area contributed by atoms with Gasteiger partial charge in [-0.1, -0.05) is 22.9 Å². The Kier molecular flexibility index (Phi) is 5.80. The molecule has 0 radical (unpaired) electrons. The van der Waals surface area contributed by atoms with Crippen molar-refractivity contribution in [1.82, 2.24) is 4.98 Å². The zero-order chi connectivity index (χ0) is 14.5. The van der Waals surface area contributed by atoms with Crippen molar-refractivity contribution in [3.63, 3.8) is 0 Å². The standard InChI is InChI=1S/C15H16BrIN2O/c1-2-5-20-12-6-10(8-19-9-12)15(18)13-7-11(17)3-4-14(13)16/h3-4,6-9,15H,2,5,18H2,1H3. The molecule has 0 aliphatic rings. The zero-order valence-electron chi connectivity index (χ0n) is 11.1. The van der Waals surface area contributed by atoms with Gasteiger partial charge in [-0.05, 0) is 64.4 Å². The molecule has 2 rings (SSSR count). The van der Waals surface area contributed by atoms with E-state index in [4.69, 9.17) is 10.5 Å². The summed E-state index contributed by atoms with van der Waals surface area (Å²) in [5.74, 6) is 0.765. The van der Waals surface area contributed by atoms with Crippen LogP contribution < -0.4 is 10.5 Å². The molecule has 0 saturated heterocycles. The average Bonchev–Trinajstić information content (AvgIpc) is 2.47. The van der Waals surface area contributed by atoms with Gasteiger partial charge < -0.3 is 10.5 Å². The summed E-state index contributed by atoms with van der Waals surface area (Å²) in [6, 6.07) is 7.87. The Balaban J connectivity index is 2.28. The molecule has 5 heteroatoms. The molecule has 2 aromatic rings. The SMILES string of the molecule is CCCOc1cncc(C(N)c2cc(I)ccc2Br)c1. The molecule has 0 spiro atoms. The van der Waals surface area contributed by atoms with Gasteiger partial charge >= 0.3 is 0 Å². The largest absolute Gasteiger partial charge is 0.492 e. The van der Waals surface area contributed by atoms with Crippen molar-refractivity contribution in [2.45, 2.75) is 19.4 Å². The highest BCUT2D eigenvalue weighted by Gasteiger charge is 2.14. The topological polar surface area (TPSA) is 48.1 Å². The minimum atomic E-state index is -0.225. The molecule has 0 aliphatic carbocycles. The van der Waals surface area contributed by atoms with Crippen molar-refractivity contribution in [2.75, 3.05) is 6.61 Å². The monoisotopic (exact) mass is 446 g/mol. The van der Waals surface area contributed by atoms with E-state index in [1.54, 1.807) is 12.4 Å². The third-order valence-electron chi connectivity index (χ3n) is 2.86. The molecule has 1 heterocycles. The molecule has 1 atom stereocenters. The number of nitrogens with two attached hydrogens (primary N) is 1. The average molecular weight is 447 g/mol. The van der Waals surface area contributed by atoms with Crippen molar-refractivity contribution < 1.29 is 4.74 Å². The number of hydrogen-bond acceptors (Lipinski definition) is 3. The van der Waals surface area contributed by atoms with Crippen LogP contribution in [0.1, 0.15) is 30.5 Å². The van der Waals surface area contributed by atoms with Crippen molar-refractivity contribution in [3.05, 3.63) is 55.8 Å². The van der Waals surface area contributed by atoms with Gasteiger partial charge in [0.15, 0.2) is 0 Å². The smallest absolute Gasteiger partial charge is 0.137 e. The molecule has 20 heavy (non-hydrogen) atoms. The van der Waals surface area contributed by atoms with Gasteiger partial charge in [-0.25, -0.2) is 0 Å². The normalized spacial score (nSPS) is 12.2. The van der Waals surface area contributed by atoms with E-state index in [1.165, 1.54) is 0 Å². The van der Waals surface area contributed by atoms with Crippen LogP contribution in [0.5, 0.6) is 5.75 Å². The van der Waals surface area contributed by atoms with Crippen LogP contribution in [-0.2, 0) is 0 Å². The van der Waals surface area contributed by atoms with Crippen LogP contribution in [0.2, 0.25) is 0 Å². The lowest BCUT2D eigenvalue weighted by molar-refractivity contribution is 0.315. The highest BCUT2D eigenvalue weighted by molar-refractivity contribution is 14.1. The summed E-state index contributed by atoms with van der Waals surface area (Å²) < 4.78 is 7.76. The number of halogens is 2. The molecule has 0 fully saturated rings. The van der Waals surface area contributed by atoms with E-state index in [1.807, 2.05) is 18.2 Å². The van der Waals surface area contributed by atoms with Crippen LogP contribution in [0.4, 0.5) is 0 Å². The number of ether oxygens (including phenoxy) is 1. The van der Waals surface area contributed by atoms with Gasteiger partial charge in [0.25, 0.3) is 0 Å². The summed E-state index contributed by atoms with van der Waals surface area (Å²) in [5.41, 5.74) is 8.35. The summed E-state index contributed by atoms with van der Waals surface area (Å²) in [6.07, 6.45) is 4.48. The lowest BCUT2D eigenvalue weighted by Gasteiger charge is -2.15. The van der Waals surface area contributed by atoms with Gasteiger partial charge in [-0.15, -0.1) is 0 Å². The van der Waals surface area contributed by atoms with E-state index in [9.17, 15) is 0 Å². The third kappa shape index (κ3) is 3.93. The second-order valence-corrected chi connectivity index (χ2v) is 6.55. The molecule has 2 N–H and O–H groups in total. The first-order valence-electron chi connectivity index (χ1n) is 6.40. The number of nitrogens with zero attached hydrogens (tertiary/aromatic N) is 1. The molecule has 0 amide bonds. The Hall–Kier alpha value is -0.660. The molecule has 0 saturated carbocycles. The van der Waals surface area contributed by atoms with E-state index in [2.05, 4.69) is 56.5 Å². The molecule has 1 aromatic carbocycles. The summed E-state index contributed by atoms with van der Waals surface area (Å²) in [4.78, 5) is 4.21. The minimum absolute atomic E-state index is 0.225. The summed E-state index contributed by atoms with van der Waals surface area (Å²) >= 11 is 5.84. The Labute approximate surface area is 141 Å². The van der Waals surface area contributed by atoms with Crippen molar-refractivity contribution in [3.8, 4) is 5.75 Å². The van der Waals surface area contributed by atoms with Gasteiger partial charge in [0.1, 0.15) is 5.75 Å². The second kappa shape index (κ2) is 7.38. The fraction of sp³-hybridized carbons (Fsp3) is 0.267. The minimum Gasteiger partial charge on any atom is -0.492 e. The third-order valence-corrected chi connectivity index (χ3v) is 4.25. The molecule has 0 bridgehead atoms. The molecule has 106 valence electrons. The first-order valence-corrected chi connectivity index (χ1v) is 8.27. The van der Waals surface area contributed by atoms with Gasteiger partial charge in [-0.2, -0.15) is 0 Å². The van der Waals surface area contributed by atoms with Gasteiger partial charge in [0.2, 0.25) is 0 Å². The molecule has 1 unspecified atom stereocenters. The van der Waals surface area contributed by atoms with Crippen molar-refractivity contribution in [1.29, 1.82) is 0 Å². The first-order chi connectivity index (χ1) is 9.61. The number of rotatable bonds is 5. The van der Waals surface area contributed by atoms with E-state index >= 15 is 0 Å². The maximum absolute atomic E-state index is 6.35. The van der Waals surface area contributed by atoms with E-state index in [-0.39, 0.29) is 6.04 Å². The lowest BCUT2D eigenvalue weighted by Crippen LogP contribution is -2.13. The Morgan fingerprint density at radius 1 is 1.35 bits per heavy atom. The van der Waals surface area contributed by atoms with Crippen molar-refractivity contribution in [2.24, 2.45) is 5.73 Å². The van der Waals surface area contributed by atoms with Crippen molar-refractivity contribution >= 4 is 38.5 Å². The van der Waals surface area contributed by atoms with Crippen LogP contribution in [0.15, 0.2) is 41.1 Å². The highest BCUT2D eigenvalue weighted by atomic mass is 127. The maximum Gasteiger partial charge on any atom is 0.137 e. The number of benzene rings is 1. The Morgan fingerprint density at radius 2 is 2.15 bits per heavy atom.